The van der Waals surface area contributed by atoms with Crippen LogP contribution in [0.2, 0.25) is 0 Å². The summed E-state index contributed by atoms with van der Waals surface area (Å²) in [6.07, 6.45) is 8.33. The number of amides is 2. The van der Waals surface area contributed by atoms with E-state index in [0.29, 0.717) is 47.4 Å². The van der Waals surface area contributed by atoms with Crippen molar-refractivity contribution >= 4 is 35.1 Å². The monoisotopic (exact) mass is 917 g/mol. The first kappa shape index (κ1) is 49.2. The fourth-order valence-electron chi connectivity index (χ4n) is 10.00. The molecule has 4 aliphatic rings. The fourth-order valence-corrected chi connectivity index (χ4v) is 10.00. The van der Waals surface area contributed by atoms with E-state index in [1.807, 2.05) is 42.5 Å². The van der Waals surface area contributed by atoms with Crippen molar-refractivity contribution in [1.82, 2.24) is 10.2 Å². The number of imide groups is 1. The summed E-state index contributed by atoms with van der Waals surface area (Å²) in [5, 5.41) is 9.18. The largest absolute Gasteiger partial charge is 0.467 e. The van der Waals surface area contributed by atoms with Crippen LogP contribution < -0.4 is 24.3 Å². The van der Waals surface area contributed by atoms with E-state index in [1.54, 1.807) is 54.7 Å². The molecule has 0 N–H and O–H groups in total. The summed E-state index contributed by atoms with van der Waals surface area (Å²) in [4.78, 5) is 35.7. The van der Waals surface area contributed by atoms with E-state index in [9.17, 15) is 9.59 Å². The van der Waals surface area contributed by atoms with Gasteiger partial charge >= 0.3 is 12.2 Å². The van der Waals surface area contributed by atoms with Crippen LogP contribution in [0.15, 0.2) is 48.5 Å². The maximum Gasteiger partial charge on any atom is 0.425 e. The van der Waals surface area contributed by atoms with Crippen molar-refractivity contribution in [3.8, 4) is 17.0 Å². The highest BCUT2D eigenvalue weighted by Crippen LogP contribution is 2.55. The molecule has 7 rings (SSSR count). The number of fused-ring (bicyclic) bond motifs is 2. The van der Waals surface area contributed by atoms with Crippen LogP contribution in [0, 0.1) is 17.2 Å². The highest BCUT2D eigenvalue weighted by molar-refractivity contribution is 6.11. The molecule has 15 heteroatoms. The second kappa shape index (κ2) is 21.1. The number of aromatic nitrogens is 2. The quantitative estimate of drug-likeness (QED) is 0.0942. The Morgan fingerprint density at radius 1 is 0.818 bits per heavy atom. The first-order valence-corrected chi connectivity index (χ1v) is 24.2. The van der Waals surface area contributed by atoms with Crippen LogP contribution >= 0.6 is 0 Å². The van der Waals surface area contributed by atoms with Crippen LogP contribution in [0.5, 0.6) is 5.75 Å². The van der Waals surface area contributed by atoms with Crippen molar-refractivity contribution in [3.05, 3.63) is 54.3 Å². The second-order valence-electron chi connectivity index (χ2n) is 20.6. The Morgan fingerprint density at radius 2 is 1.42 bits per heavy atom. The molecular weight excluding hydrogens is 844 g/mol. The van der Waals surface area contributed by atoms with Crippen molar-refractivity contribution in [2.24, 2.45) is 11.3 Å². The lowest BCUT2D eigenvalue weighted by Gasteiger charge is -2.54. The normalized spacial score (nSPS) is 19.6. The van der Waals surface area contributed by atoms with Crippen LogP contribution in [0.1, 0.15) is 120 Å². The van der Waals surface area contributed by atoms with Gasteiger partial charge in [-0.05, 0) is 135 Å². The SMILES string of the molecule is CCCCOC(OCCCC)C1CC2(CCN(c3cc(N4C5CCC4CN(c4cc(-c6ccccc6OCOC)nnc4N(C(=O)OC(C)(C)C)C(=O)OC(C)(C)C)C5)ccc3F)CC2)C1. The minimum absolute atomic E-state index is 0.00123. The van der Waals surface area contributed by atoms with E-state index in [2.05, 4.69) is 38.7 Å². The molecule has 2 aromatic carbocycles. The Labute approximate surface area is 391 Å². The van der Waals surface area contributed by atoms with Crippen LogP contribution in [-0.2, 0) is 23.7 Å². The molecule has 4 heterocycles. The number of para-hydroxylation sites is 1. The highest BCUT2D eigenvalue weighted by atomic mass is 19.1. The standard InChI is InChI=1S/C51H73FN6O8/c1-10-12-26-62-46(63-27-13-11-2)35-30-51(31-35)22-24-55(25-23-51)42-28-36(20-21-40(42)52)57-37-18-19-38(57)33-56(32-37)43-29-41(39-16-14-15-17-44(39)64-34-61-9)53-54-45(43)58(47(59)65-49(3,4)5)48(60)66-50(6,7)8/h14-17,20-21,28-29,35,37-38,46H,10-13,18-19,22-27,30-34H2,1-9H3. The van der Waals surface area contributed by atoms with Gasteiger partial charge in [0.05, 0.1) is 17.1 Å². The number of benzene rings is 2. The van der Waals surface area contributed by atoms with E-state index in [-0.39, 0.29) is 42.2 Å². The van der Waals surface area contributed by atoms with Crippen molar-refractivity contribution in [2.45, 2.75) is 149 Å². The zero-order valence-corrected chi connectivity index (χ0v) is 40.8. The lowest BCUT2D eigenvalue weighted by Crippen LogP contribution is -2.55. The van der Waals surface area contributed by atoms with Gasteiger partial charge in [0.15, 0.2) is 18.9 Å². The molecule has 1 aromatic heterocycles. The van der Waals surface area contributed by atoms with E-state index < -0.39 is 23.4 Å². The average Bonchev–Trinajstić information content (AvgIpc) is 3.52. The van der Waals surface area contributed by atoms with Crippen molar-refractivity contribution in [3.63, 3.8) is 0 Å². The van der Waals surface area contributed by atoms with Crippen LogP contribution in [0.3, 0.4) is 0 Å². The van der Waals surface area contributed by atoms with Crippen molar-refractivity contribution in [1.29, 1.82) is 0 Å². The number of piperidine rings is 1. The molecule has 4 fully saturated rings. The van der Waals surface area contributed by atoms with Gasteiger partial charge < -0.3 is 43.1 Å². The molecule has 2 unspecified atom stereocenters. The smallest absolute Gasteiger partial charge is 0.425 e. The topological polar surface area (TPSA) is 128 Å². The van der Waals surface area contributed by atoms with Crippen molar-refractivity contribution in [2.75, 3.05) is 72.9 Å². The predicted molar refractivity (Wildman–Crippen MR) is 255 cm³/mol. The zero-order valence-electron chi connectivity index (χ0n) is 40.8. The van der Waals surface area contributed by atoms with Gasteiger partial charge in [-0.3, -0.25) is 0 Å². The Hall–Kier alpha value is -4.73. The minimum atomic E-state index is -0.929. The molecule has 1 spiro atoms. The molecule has 1 aliphatic carbocycles. The highest BCUT2D eigenvalue weighted by Gasteiger charge is 2.50. The van der Waals surface area contributed by atoms with Gasteiger partial charge in [0.1, 0.15) is 22.8 Å². The maximum absolute atomic E-state index is 15.9. The van der Waals surface area contributed by atoms with Gasteiger partial charge in [-0.1, -0.05) is 38.8 Å². The molecule has 66 heavy (non-hydrogen) atoms. The first-order valence-electron chi connectivity index (χ1n) is 24.2. The number of ether oxygens (including phenoxy) is 6. The number of rotatable bonds is 17. The van der Waals surface area contributed by atoms with Gasteiger partial charge in [-0.25, -0.2) is 14.0 Å². The minimum Gasteiger partial charge on any atom is -0.467 e. The Bertz CT molecular complexity index is 2060. The molecule has 14 nitrogen and oxygen atoms in total. The summed E-state index contributed by atoms with van der Waals surface area (Å²) in [7, 11) is 1.55. The van der Waals surface area contributed by atoms with Gasteiger partial charge in [0, 0.05) is 75.8 Å². The molecule has 3 aliphatic heterocycles. The second-order valence-corrected chi connectivity index (χ2v) is 20.6. The third-order valence-electron chi connectivity index (χ3n) is 13.2. The Balaban J connectivity index is 1.12. The summed E-state index contributed by atoms with van der Waals surface area (Å²) >= 11 is 0. The number of unbranched alkanes of at least 4 members (excludes halogenated alkanes) is 2. The number of hydrogen-bond donors (Lipinski definition) is 0. The lowest BCUT2D eigenvalue weighted by molar-refractivity contribution is -0.211. The lowest BCUT2D eigenvalue weighted by atomic mass is 9.57. The molecule has 362 valence electrons. The average molecular weight is 917 g/mol. The number of methoxy groups -OCH3 is 1. The summed E-state index contributed by atoms with van der Waals surface area (Å²) in [6, 6.07) is 14.9. The predicted octanol–water partition coefficient (Wildman–Crippen LogP) is 10.8. The molecule has 1 saturated carbocycles. The Kier molecular flexibility index (Phi) is 15.7. The fraction of sp³-hybridized carbons (Fsp3) is 0.647. The number of hydrogen-bond acceptors (Lipinski definition) is 13. The molecule has 2 amide bonds. The summed E-state index contributed by atoms with van der Waals surface area (Å²) < 4.78 is 51.1. The van der Waals surface area contributed by atoms with Crippen LogP contribution in [0.25, 0.3) is 11.3 Å². The summed E-state index contributed by atoms with van der Waals surface area (Å²) in [6.45, 7) is 19.0. The van der Waals surface area contributed by atoms with Crippen LogP contribution in [-0.4, -0.2) is 105 Å². The number of piperazine rings is 1. The third-order valence-corrected chi connectivity index (χ3v) is 13.2. The van der Waals surface area contributed by atoms with E-state index in [4.69, 9.17) is 28.4 Å². The van der Waals surface area contributed by atoms with E-state index in [1.165, 1.54) is 0 Å². The number of carbonyl (C=O) groups excluding carboxylic acids is 2. The molecule has 2 bridgehead atoms. The van der Waals surface area contributed by atoms with E-state index >= 15 is 4.39 Å². The summed E-state index contributed by atoms with van der Waals surface area (Å²) in [5.41, 5.74) is 1.70. The number of halogens is 1. The van der Waals surface area contributed by atoms with Gasteiger partial charge in [0.2, 0.25) is 0 Å². The Morgan fingerprint density at radius 3 is 2.00 bits per heavy atom. The van der Waals surface area contributed by atoms with Crippen LogP contribution in [0.4, 0.5) is 36.9 Å². The number of anilines is 4. The molecule has 0 radical (unpaired) electrons. The van der Waals surface area contributed by atoms with Gasteiger partial charge in [-0.2, -0.15) is 4.90 Å². The third kappa shape index (κ3) is 11.7. The van der Waals surface area contributed by atoms with Gasteiger partial charge in [-0.15, -0.1) is 10.2 Å². The zero-order chi connectivity index (χ0) is 47.2. The first-order chi connectivity index (χ1) is 31.5. The maximum atomic E-state index is 15.9. The molecule has 3 aromatic rings. The summed E-state index contributed by atoms with van der Waals surface area (Å²) in [5.74, 6) is 0.738. The molecule has 2 atom stereocenters. The van der Waals surface area contributed by atoms with Gasteiger partial charge in [0.25, 0.3) is 0 Å². The number of carbonyl (C=O) groups is 2. The molecular formula is C51H73FN6O8. The van der Waals surface area contributed by atoms with E-state index in [0.717, 1.165) is 101 Å². The molecule has 3 saturated heterocycles. The number of nitrogens with zero attached hydrogens (tertiary/aromatic N) is 6. The van der Waals surface area contributed by atoms with Crippen molar-refractivity contribution < 1.29 is 42.4 Å².